The molecule has 0 bridgehead atoms. The fourth-order valence-electron chi connectivity index (χ4n) is 0.747. The van der Waals surface area contributed by atoms with Crippen molar-refractivity contribution in [3.05, 3.63) is 0 Å². The Bertz CT molecular complexity index is 115. The molecule has 1 amide bonds. The lowest BCUT2D eigenvalue weighted by Crippen LogP contribution is -2.39. The quantitative estimate of drug-likeness (QED) is 0.553. The fourth-order valence-corrected chi connectivity index (χ4v) is 1.68. The maximum Gasteiger partial charge on any atom is 0.230 e. The Morgan fingerprint density at radius 3 is 2.50 bits per heavy atom. The summed E-state index contributed by atoms with van der Waals surface area (Å²) in [6.45, 7) is 2.05. The third-order valence-corrected chi connectivity index (χ3v) is 3.11. The van der Waals surface area contributed by atoms with Gasteiger partial charge in [-0.2, -0.15) is 0 Å². The van der Waals surface area contributed by atoms with Gasteiger partial charge in [0.05, 0.1) is 5.25 Å². The molecule has 1 rings (SSSR count). The van der Waals surface area contributed by atoms with Crippen molar-refractivity contribution in [3.63, 3.8) is 0 Å². The second-order valence-corrected chi connectivity index (χ2v) is 3.31. The monoisotopic (exact) mass is 131 g/mol. The average molecular weight is 131 g/mol. The van der Waals surface area contributed by atoms with Gasteiger partial charge in [-0.25, -0.2) is 0 Å². The minimum Gasteiger partial charge on any atom is -0.369 e. The van der Waals surface area contributed by atoms with Crippen molar-refractivity contribution in [1.29, 1.82) is 0 Å². The molecule has 2 unspecified atom stereocenters. The molecule has 0 aromatic heterocycles. The van der Waals surface area contributed by atoms with Gasteiger partial charge in [-0.05, 0) is 11.7 Å². The van der Waals surface area contributed by atoms with E-state index in [0.29, 0.717) is 5.92 Å². The minimum absolute atomic E-state index is 0.106. The molecule has 46 valence electrons. The van der Waals surface area contributed by atoms with Gasteiger partial charge in [-0.3, -0.25) is 4.79 Å². The summed E-state index contributed by atoms with van der Waals surface area (Å²) in [6.07, 6.45) is 0. The largest absolute Gasteiger partial charge is 0.369 e. The van der Waals surface area contributed by atoms with Crippen molar-refractivity contribution in [1.82, 2.24) is 0 Å². The van der Waals surface area contributed by atoms with E-state index in [4.69, 9.17) is 5.73 Å². The second-order valence-electron chi connectivity index (χ2n) is 2.13. The molecule has 0 aliphatic carbocycles. The summed E-state index contributed by atoms with van der Waals surface area (Å²) in [5.74, 6) is 1.44. The molecule has 1 heterocycles. The molecule has 2 atom stereocenters. The van der Waals surface area contributed by atoms with Crippen molar-refractivity contribution in [2.45, 2.75) is 12.2 Å². The van der Waals surface area contributed by atoms with Crippen LogP contribution in [-0.4, -0.2) is 16.9 Å². The van der Waals surface area contributed by atoms with Crippen LogP contribution < -0.4 is 5.73 Å². The summed E-state index contributed by atoms with van der Waals surface area (Å²) in [5, 5.41) is 0.106. The Balaban J connectivity index is 2.37. The van der Waals surface area contributed by atoms with Gasteiger partial charge in [-0.1, -0.05) is 6.92 Å². The lowest BCUT2D eigenvalue weighted by atomic mass is 10.1. The van der Waals surface area contributed by atoms with Crippen molar-refractivity contribution >= 4 is 17.7 Å². The van der Waals surface area contributed by atoms with Gasteiger partial charge >= 0.3 is 0 Å². The zero-order valence-electron chi connectivity index (χ0n) is 4.76. The number of hydrogen-bond donors (Lipinski definition) is 1. The molecule has 1 fully saturated rings. The van der Waals surface area contributed by atoms with Gasteiger partial charge in [0.15, 0.2) is 0 Å². The first-order chi connectivity index (χ1) is 3.72. The normalized spacial score (nSPS) is 36.1. The third-order valence-electron chi connectivity index (χ3n) is 1.34. The van der Waals surface area contributed by atoms with Gasteiger partial charge in [0.2, 0.25) is 5.91 Å². The average Bonchev–Trinajstić information content (AvgIpc) is 1.61. The predicted octanol–water partition coefficient (Wildman–Crippen LogP) is 0.223. The number of carbonyl (C=O) groups is 1. The van der Waals surface area contributed by atoms with Crippen LogP contribution in [0.4, 0.5) is 0 Å². The number of thioether (sulfide) groups is 1. The van der Waals surface area contributed by atoms with Crippen LogP contribution >= 0.6 is 11.8 Å². The van der Waals surface area contributed by atoms with Gasteiger partial charge in [0, 0.05) is 0 Å². The highest BCUT2D eigenvalue weighted by Crippen LogP contribution is 2.33. The summed E-state index contributed by atoms with van der Waals surface area (Å²) >= 11 is 1.65. The van der Waals surface area contributed by atoms with Crippen LogP contribution in [0.25, 0.3) is 0 Å². The third kappa shape index (κ3) is 0.823. The van der Waals surface area contributed by atoms with E-state index in [1.54, 1.807) is 11.8 Å². The zero-order chi connectivity index (χ0) is 6.15. The lowest BCUT2D eigenvalue weighted by molar-refractivity contribution is -0.118. The van der Waals surface area contributed by atoms with Gasteiger partial charge in [0.1, 0.15) is 0 Å². The van der Waals surface area contributed by atoms with Crippen LogP contribution in [0.2, 0.25) is 0 Å². The summed E-state index contributed by atoms with van der Waals surface area (Å²) in [5.41, 5.74) is 5.03. The number of nitrogens with two attached hydrogens (primary N) is 1. The lowest BCUT2D eigenvalue weighted by Gasteiger charge is -2.29. The predicted molar refractivity (Wildman–Crippen MR) is 34.6 cm³/mol. The Hall–Kier alpha value is -0.180. The van der Waals surface area contributed by atoms with Gasteiger partial charge in [-0.15, -0.1) is 11.8 Å². The van der Waals surface area contributed by atoms with E-state index in [2.05, 4.69) is 0 Å². The molecule has 2 N–H and O–H groups in total. The van der Waals surface area contributed by atoms with Crippen molar-refractivity contribution in [3.8, 4) is 0 Å². The van der Waals surface area contributed by atoms with Crippen molar-refractivity contribution < 1.29 is 4.79 Å². The smallest absolute Gasteiger partial charge is 0.230 e. The highest BCUT2D eigenvalue weighted by Gasteiger charge is 2.31. The Kier molecular flexibility index (Phi) is 1.47. The minimum atomic E-state index is -0.159. The molecule has 3 heteroatoms. The maximum absolute atomic E-state index is 10.4. The van der Waals surface area contributed by atoms with E-state index in [1.165, 1.54) is 0 Å². The molecule has 2 nitrogen and oxygen atoms in total. The number of hydrogen-bond acceptors (Lipinski definition) is 2. The fraction of sp³-hybridized carbons (Fsp3) is 0.800. The number of amides is 1. The first-order valence-corrected chi connectivity index (χ1v) is 3.67. The van der Waals surface area contributed by atoms with Crippen molar-refractivity contribution in [2.24, 2.45) is 11.7 Å². The van der Waals surface area contributed by atoms with E-state index in [9.17, 15) is 4.79 Å². The molecule has 8 heavy (non-hydrogen) atoms. The van der Waals surface area contributed by atoms with Crippen LogP contribution in [0.5, 0.6) is 0 Å². The summed E-state index contributed by atoms with van der Waals surface area (Å²) in [4.78, 5) is 10.4. The molecule has 0 aromatic carbocycles. The Morgan fingerprint density at radius 2 is 2.50 bits per heavy atom. The van der Waals surface area contributed by atoms with Crippen LogP contribution in [0, 0.1) is 5.92 Å². The molecular formula is C5H9NOS. The highest BCUT2D eigenvalue weighted by atomic mass is 32.2. The number of primary amides is 1. The Morgan fingerprint density at radius 1 is 1.88 bits per heavy atom. The van der Waals surface area contributed by atoms with E-state index in [1.807, 2.05) is 6.92 Å². The molecular weight excluding hydrogens is 122 g/mol. The molecule has 1 saturated heterocycles. The van der Waals surface area contributed by atoms with Crippen LogP contribution in [0.15, 0.2) is 0 Å². The van der Waals surface area contributed by atoms with E-state index in [0.717, 1.165) is 5.75 Å². The zero-order valence-corrected chi connectivity index (χ0v) is 5.57. The summed E-state index contributed by atoms with van der Waals surface area (Å²) < 4.78 is 0. The first-order valence-electron chi connectivity index (χ1n) is 2.62. The maximum atomic E-state index is 10.4. The molecule has 1 aliphatic rings. The first kappa shape index (κ1) is 5.95. The molecule has 0 radical (unpaired) electrons. The molecule has 0 saturated carbocycles. The topological polar surface area (TPSA) is 43.1 Å². The highest BCUT2D eigenvalue weighted by molar-refractivity contribution is 8.02. The molecule has 1 aliphatic heterocycles. The standard InChI is InChI=1S/C5H9NOS/c1-3-2-8-4(3)5(6)7/h3-4H,2H2,1H3,(H2,6,7). The van der Waals surface area contributed by atoms with Gasteiger partial charge < -0.3 is 5.73 Å². The van der Waals surface area contributed by atoms with Crippen LogP contribution in [0.1, 0.15) is 6.92 Å². The van der Waals surface area contributed by atoms with Gasteiger partial charge in [0.25, 0.3) is 0 Å². The SMILES string of the molecule is CC1CSC1C(N)=O. The summed E-state index contributed by atoms with van der Waals surface area (Å²) in [7, 11) is 0. The summed E-state index contributed by atoms with van der Waals surface area (Å²) in [6, 6.07) is 0. The van der Waals surface area contributed by atoms with E-state index >= 15 is 0 Å². The second kappa shape index (κ2) is 1.97. The molecule has 0 spiro atoms. The van der Waals surface area contributed by atoms with Crippen LogP contribution in [0.3, 0.4) is 0 Å². The Labute approximate surface area is 52.8 Å². The van der Waals surface area contributed by atoms with Crippen LogP contribution in [-0.2, 0) is 4.79 Å². The molecule has 0 aromatic rings. The number of rotatable bonds is 1. The number of carbonyl (C=O) groups excluding carboxylic acids is 1. The van der Waals surface area contributed by atoms with E-state index in [-0.39, 0.29) is 11.2 Å². The van der Waals surface area contributed by atoms with Crippen molar-refractivity contribution in [2.75, 3.05) is 5.75 Å². The van der Waals surface area contributed by atoms with E-state index < -0.39 is 0 Å².